The lowest BCUT2D eigenvalue weighted by molar-refractivity contribution is 0.411. The average Bonchev–Trinajstić information content (AvgIpc) is 2.37. The highest BCUT2D eigenvalue weighted by Crippen LogP contribution is 2.27. The van der Waals surface area contributed by atoms with Crippen molar-refractivity contribution in [3.63, 3.8) is 0 Å². The molecule has 0 heterocycles. The Morgan fingerprint density at radius 1 is 1.37 bits per heavy atom. The van der Waals surface area contributed by atoms with Gasteiger partial charge >= 0.3 is 0 Å². The highest BCUT2D eigenvalue weighted by atomic mass is 79.9. The first-order chi connectivity index (χ1) is 8.90. The molecule has 0 spiro atoms. The maximum atomic E-state index is 12.1. The van der Waals surface area contributed by atoms with Crippen LogP contribution in [-0.4, -0.2) is 35.7 Å². The molecule has 19 heavy (non-hydrogen) atoms. The van der Waals surface area contributed by atoms with Crippen LogP contribution in [0.15, 0.2) is 27.6 Å². The van der Waals surface area contributed by atoms with Gasteiger partial charge in [0, 0.05) is 6.54 Å². The van der Waals surface area contributed by atoms with Crippen molar-refractivity contribution in [2.24, 2.45) is 5.92 Å². The van der Waals surface area contributed by atoms with E-state index in [1.54, 1.807) is 6.07 Å². The fourth-order valence-electron chi connectivity index (χ4n) is 1.57. The molecule has 7 heteroatoms. The summed E-state index contributed by atoms with van der Waals surface area (Å²) >= 11 is 3.28. The molecule has 0 bridgehead atoms. The third kappa shape index (κ3) is 4.76. The molecule has 1 atom stereocenters. The van der Waals surface area contributed by atoms with Crippen molar-refractivity contribution >= 4 is 26.0 Å². The first kappa shape index (κ1) is 16.4. The Bertz CT molecular complexity index is 520. The molecule has 0 aromatic heterocycles. The van der Waals surface area contributed by atoms with Crippen LogP contribution in [0.2, 0.25) is 0 Å². The lowest BCUT2D eigenvalue weighted by Crippen LogP contribution is -2.32. The highest BCUT2D eigenvalue weighted by molar-refractivity contribution is 9.10. The average molecular weight is 351 g/mol. The van der Waals surface area contributed by atoms with E-state index in [0.29, 0.717) is 16.8 Å². The van der Waals surface area contributed by atoms with E-state index in [9.17, 15) is 8.42 Å². The van der Waals surface area contributed by atoms with Gasteiger partial charge < -0.3 is 10.1 Å². The van der Waals surface area contributed by atoms with Gasteiger partial charge in [0.1, 0.15) is 5.75 Å². The Morgan fingerprint density at radius 3 is 2.58 bits per heavy atom. The van der Waals surface area contributed by atoms with Crippen LogP contribution in [0.5, 0.6) is 5.75 Å². The SMILES string of the molecule is CNCC(C)CNS(=O)(=O)c1ccc(OC)c(Br)c1. The summed E-state index contributed by atoms with van der Waals surface area (Å²) in [6.45, 7) is 3.13. The topological polar surface area (TPSA) is 67.4 Å². The van der Waals surface area contributed by atoms with E-state index in [1.807, 2.05) is 14.0 Å². The third-order valence-corrected chi connectivity index (χ3v) is 4.65. The number of ether oxygens (including phenoxy) is 1. The van der Waals surface area contributed by atoms with Crippen molar-refractivity contribution in [1.82, 2.24) is 10.0 Å². The zero-order chi connectivity index (χ0) is 14.5. The number of methoxy groups -OCH3 is 1. The van der Waals surface area contributed by atoms with Crippen LogP contribution in [0.1, 0.15) is 6.92 Å². The molecule has 2 N–H and O–H groups in total. The molecule has 1 aromatic rings. The molecule has 0 fully saturated rings. The minimum atomic E-state index is -3.48. The maximum absolute atomic E-state index is 12.1. The number of hydrogen-bond donors (Lipinski definition) is 2. The number of benzene rings is 1. The molecule has 1 unspecified atom stereocenters. The summed E-state index contributed by atoms with van der Waals surface area (Å²) in [6, 6.07) is 4.67. The molecule has 0 aliphatic rings. The molecular weight excluding hydrogens is 332 g/mol. The number of rotatable bonds is 7. The number of halogens is 1. The van der Waals surface area contributed by atoms with Crippen LogP contribution >= 0.6 is 15.9 Å². The normalized spacial score (nSPS) is 13.3. The Morgan fingerprint density at radius 2 is 2.05 bits per heavy atom. The van der Waals surface area contributed by atoms with Crippen molar-refractivity contribution in [2.75, 3.05) is 27.2 Å². The number of sulfonamides is 1. The van der Waals surface area contributed by atoms with Crippen molar-refractivity contribution in [2.45, 2.75) is 11.8 Å². The fraction of sp³-hybridized carbons (Fsp3) is 0.500. The maximum Gasteiger partial charge on any atom is 0.240 e. The second-order valence-electron chi connectivity index (χ2n) is 4.31. The van der Waals surface area contributed by atoms with E-state index in [4.69, 9.17) is 4.74 Å². The van der Waals surface area contributed by atoms with Gasteiger partial charge in [0.2, 0.25) is 10.0 Å². The highest BCUT2D eigenvalue weighted by Gasteiger charge is 2.16. The lowest BCUT2D eigenvalue weighted by atomic mass is 10.2. The van der Waals surface area contributed by atoms with E-state index in [0.717, 1.165) is 6.54 Å². The van der Waals surface area contributed by atoms with Gasteiger partial charge in [-0.05, 0) is 53.6 Å². The Labute approximate surface area is 122 Å². The van der Waals surface area contributed by atoms with Crippen molar-refractivity contribution in [3.8, 4) is 5.75 Å². The molecule has 0 amide bonds. The van der Waals surface area contributed by atoms with E-state index in [1.165, 1.54) is 19.2 Å². The Kier molecular flexibility index (Phi) is 6.25. The minimum Gasteiger partial charge on any atom is -0.496 e. The predicted molar refractivity (Wildman–Crippen MR) is 79.0 cm³/mol. The largest absolute Gasteiger partial charge is 0.496 e. The van der Waals surface area contributed by atoms with Gasteiger partial charge in [-0.2, -0.15) is 0 Å². The third-order valence-electron chi connectivity index (χ3n) is 2.61. The van der Waals surface area contributed by atoms with Crippen LogP contribution in [-0.2, 0) is 10.0 Å². The molecule has 0 radical (unpaired) electrons. The Balaban J connectivity index is 2.80. The summed E-state index contributed by atoms with van der Waals surface area (Å²) < 4.78 is 32.5. The molecule has 1 rings (SSSR count). The van der Waals surface area contributed by atoms with E-state index in [2.05, 4.69) is 26.0 Å². The standard InChI is InChI=1S/C12H19BrN2O3S/c1-9(7-14-2)8-15-19(16,17)10-4-5-12(18-3)11(13)6-10/h4-6,9,14-15H,7-8H2,1-3H3. The molecule has 0 saturated carbocycles. The van der Waals surface area contributed by atoms with E-state index in [-0.39, 0.29) is 10.8 Å². The number of hydrogen-bond acceptors (Lipinski definition) is 4. The van der Waals surface area contributed by atoms with Crippen molar-refractivity contribution in [3.05, 3.63) is 22.7 Å². The Hall–Kier alpha value is -0.630. The molecule has 5 nitrogen and oxygen atoms in total. The monoisotopic (exact) mass is 350 g/mol. The van der Waals surface area contributed by atoms with E-state index >= 15 is 0 Å². The van der Waals surface area contributed by atoms with Gasteiger partial charge in [-0.15, -0.1) is 0 Å². The van der Waals surface area contributed by atoms with Gasteiger partial charge in [-0.25, -0.2) is 13.1 Å². The fourth-order valence-corrected chi connectivity index (χ4v) is 3.45. The van der Waals surface area contributed by atoms with E-state index < -0.39 is 10.0 Å². The van der Waals surface area contributed by atoms with Crippen LogP contribution in [0.3, 0.4) is 0 Å². The second-order valence-corrected chi connectivity index (χ2v) is 6.93. The molecular formula is C12H19BrN2O3S. The summed E-state index contributed by atoms with van der Waals surface area (Å²) in [4.78, 5) is 0.219. The number of nitrogens with one attached hydrogen (secondary N) is 2. The summed E-state index contributed by atoms with van der Waals surface area (Å²) in [5.74, 6) is 0.823. The van der Waals surface area contributed by atoms with Gasteiger partial charge in [0.25, 0.3) is 0 Å². The summed E-state index contributed by atoms with van der Waals surface area (Å²) in [7, 11) is -0.112. The summed E-state index contributed by atoms with van der Waals surface area (Å²) in [5.41, 5.74) is 0. The molecule has 0 saturated heterocycles. The first-order valence-corrected chi connectivity index (χ1v) is 8.16. The van der Waals surface area contributed by atoms with Crippen LogP contribution in [0, 0.1) is 5.92 Å². The smallest absolute Gasteiger partial charge is 0.240 e. The van der Waals surface area contributed by atoms with Gasteiger partial charge in [-0.1, -0.05) is 6.92 Å². The van der Waals surface area contributed by atoms with Gasteiger partial charge in [0.05, 0.1) is 16.5 Å². The second kappa shape index (κ2) is 7.23. The van der Waals surface area contributed by atoms with Crippen molar-refractivity contribution < 1.29 is 13.2 Å². The zero-order valence-electron chi connectivity index (χ0n) is 11.2. The van der Waals surface area contributed by atoms with Crippen molar-refractivity contribution in [1.29, 1.82) is 0 Å². The minimum absolute atomic E-state index is 0.219. The first-order valence-electron chi connectivity index (χ1n) is 5.88. The molecule has 108 valence electrons. The molecule has 1 aromatic carbocycles. The zero-order valence-corrected chi connectivity index (χ0v) is 13.6. The quantitative estimate of drug-likeness (QED) is 0.783. The summed E-state index contributed by atoms with van der Waals surface area (Å²) in [5, 5.41) is 3.01. The van der Waals surface area contributed by atoms with Crippen LogP contribution in [0.25, 0.3) is 0 Å². The lowest BCUT2D eigenvalue weighted by Gasteiger charge is -2.13. The van der Waals surface area contributed by atoms with Gasteiger partial charge in [-0.3, -0.25) is 0 Å². The molecule has 0 aliphatic carbocycles. The summed E-state index contributed by atoms with van der Waals surface area (Å²) in [6.07, 6.45) is 0. The molecule has 0 aliphatic heterocycles. The van der Waals surface area contributed by atoms with Crippen LogP contribution < -0.4 is 14.8 Å². The van der Waals surface area contributed by atoms with Gasteiger partial charge in [0.15, 0.2) is 0 Å². The van der Waals surface area contributed by atoms with Crippen LogP contribution in [0.4, 0.5) is 0 Å². The predicted octanol–water partition coefficient (Wildman–Crippen LogP) is 1.59.